The van der Waals surface area contributed by atoms with Crippen LogP contribution < -0.4 is 11.3 Å². The SMILES string of the molecule is CN(CC1CCCC1)S(=O)(=O)c1cccnc1NN. The van der Waals surface area contributed by atoms with E-state index in [1.807, 2.05) is 0 Å². The Balaban J connectivity index is 2.20. The van der Waals surface area contributed by atoms with Gasteiger partial charge in [-0.05, 0) is 30.9 Å². The summed E-state index contributed by atoms with van der Waals surface area (Å²) in [6.45, 7) is 0.557. The number of sulfonamides is 1. The fourth-order valence-corrected chi connectivity index (χ4v) is 3.88. The maximum absolute atomic E-state index is 12.5. The van der Waals surface area contributed by atoms with Gasteiger partial charge in [-0.2, -0.15) is 0 Å². The third kappa shape index (κ3) is 3.05. The number of hydrogen-bond acceptors (Lipinski definition) is 5. The molecule has 1 heterocycles. The summed E-state index contributed by atoms with van der Waals surface area (Å²) in [4.78, 5) is 4.06. The van der Waals surface area contributed by atoms with Crippen molar-refractivity contribution in [2.75, 3.05) is 19.0 Å². The van der Waals surface area contributed by atoms with Gasteiger partial charge in [0.1, 0.15) is 4.90 Å². The molecule has 0 unspecified atom stereocenters. The predicted molar refractivity (Wildman–Crippen MR) is 73.8 cm³/mol. The molecular formula is C12H20N4O2S. The molecule has 0 bridgehead atoms. The van der Waals surface area contributed by atoms with E-state index in [0.717, 1.165) is 12.8 Å². The summed E-state index contributed by atoms with van der Waals surface area (Å²) in [6.07, 6.45) is 6.11. The van der Waals surface area contributed by atoms with Crippen LogP contribution in [0.3, 0.4) is 0 Å². The Morgan fingerprint density at radius 3 is 2.79 bits per heavy atom. The molecule has 0 aliphatic heterocycles. The minimum absolute atomic E-state index is 0.123. The first-order valence-electron chi connectivity index (χ1n) is 6.43. The monoisotopic (exact) mass is 284 g/mol. The van der Waals surface area contributed by atoms with Gasteiger partial charge in [-0.25, -0.2) is 23.5 Å². The van der Waals surface area contributed by atoms with Crippen LogP contribution in [0.2, 0.25) is 0 Å². The Kier molecular flexibility index (Phi) is 4.38. The molecule has 0 spiro atoms. The van der Waals surface area contributed by atoms with E-state index in [1.165, 1.54) is 29.4 Å². The normalized spacial score (nSPS) is 17.0. The lowest BCUT2D eigenvalue weighted by molar-refractivity contribution is 0.387. The summed E-state index contributed by atoms with van der Waals surface area (Å²) in [7, 11) is -1.93. The number of hydrazine groups is 1. The number of rotatable bonds is 5. The van der Waals surface area contributed by atoms with Crippen LogP contribution in [0.1, 0.15) is 25.7 Å². The van der Waals surface area contributed by atoms with Gasteiger partial charge < -0.3 is 5.43 Å². The van der Waals surface area contributed by atoms with Crippen LogP contribution in [0.4, 0.5) is 5.82 Å². The number of nitrogens with zero attached hydrogens (tertiary/aromatic N) is 2. The lowest BCUT2D eigenvalue weighted by atomic mass is 10.1. The molecule has 1 aromatic rings. The van der Waals surface area contributed by atoms with Crippen molar-refractivity contribution >= 4 is 15.8 Å². The Bertz CT molecular complexity index is 526. The van der Waals surface area contributed by atoms with Crippen molar-refractivity contribution in [2.24, 2.45) is 11.8 Å². The zero-order chi connectivity index (χ0) is 13.9. The smallest absolute Gasteiger partial charge is 0.246 e. The molecule has 3 N–H and O–H groups in total. The minimum Gasteiger partial charge on any atom is -0.307 e. The molecule has 1 saturated carbocycles. The van der Waals surface area contributed by atoms with Gasteiger partial charge in [0.15, 0.2) is 5.82 Å². The number of pyridine rings is 1. The van der Waals surface area contributed by atoms with Crippen LogP contribution in [-0.2, 0) is 10.0 Å². The Labute approximate surface area is 114 Å². The summed E-state index contributed by atoms with van der Waals surface area (Å²) in [5, 5.41) is 0. The standard InChI is InChI=1S/C12H20N4O2S/c1-16(9-10-5-2-3-6-10)19(17,18)11-7-4-8-14-12(11)15-13/h4,7-8,10H,2-3,5-6,9,13H2,1H3,(H,14,15). The number of aromatic nitrogens is 1. The van der Waals surface area contributed by atoms with E-state index in [1.54, 1.807) is 13.1 Å². The zero-order valence-corrected chi connectivity index (χ0v) is 11.9. The topological polar surface area (TPSA) is 88.3 Å². The van der Waals surface area contributed by atoms with E-state index in [-0.39, 0.29) is 10.7 Å². The molecule has 0 amide bonds. The summed E-state index contributed by atoms with van der Waals surface area (Å²) < 4.78 is 26.4. The van der Waals surface area contributed by atoms with Crippen molar-refractivity contribution in [1.82, 2.24) is 9.29 Å². The molecule has 106 valence electrons. The average molecular weight is 284 g/mol. The highest BCUT2D eigenvalue weighted by Crippen LogP contribution is 2.28. The first-order chi connectivity index (χ1) is 9.05. The fraction of sp³-hybridized carbons (Fsp3) is 0.583. The van der Waals surface area contributed by atoms with E-state index < -0.39 is 10.0 Å². The Morgan fingerprint density at radius 1 is 1.47 bits per heavy atom. The van der Waals surface area contributed by atoms with E-state index in [2.05, 4.69) is 10.4 Å². The number of anilines is 1. The van der Waals surface area contributed by atoms with E-state index in [4.69, 9.17) is 5.84 Å². The lowest BCUT2D eigenvalue weighted by Crippen LogP contribution is -2.32. The van der Waals surface area contributed by atoms with Crippen molar-refractivity contribution in [1.29, 1.82) is 0 Å². The summed E-state index contributed by atoms with van der Waals surface area (Å²) >= 11 is 0. The fourth-order valence-electron chi connectivity index (χ4n) is 2.53. The second-order valence-electron chi connectivity index (χ2n) is 4.93. The molecule has 0 atom stereocenters. The third-order valence-electron chi connectivity index (χ3n) is 3.59. The average Bonchev–Trinajstić information content (AvgIpc) is 2.91. The molecule has 1 fully saturated rings. The maximum atomic E-state index is 12.5. The van der Waals surface area contributed by atoms with Gasteiger partial charge in [-0.3, -0.25) is 0 Å². The first-order valence-corrected chi connectivity index (χ1v) is 7.87. The van der Waals surface area contributed by atoms with Crippen molar-refractivity contribution in [3.63, 3.8) is 0 Å². The largest absolute Gasteiger partial charge is 0.307 e. The molecular weight excluding hydrogens is 264 g/mol. The molecule has 19 heavy (non-hydrogen) atoms. The van der Waals surface area contributed by atoms with Gasteiger partial charge in [0.25, 0.3) is 0 Å². The molecule has 1 aliphatic rings. The Hall–Kier alpha value is -1.18. The van der Waals surface area contributed by atoms with Crippen LogP contribution >= 0.6 is 0 Å². The molecule has 0 aromatic carbocycles. The number of nitrogen functional groups attached to an aromatic ring is 1. The van der Waals surface area contributed by atoms with Gasteiger partial charge in [0.05, 0.1) is 0 Å². The second kappa shape index (κ2) is 5.85. The van der Waals surface area contributed by atoms with E-state index in [9.17, 15) is 8.42 Å². The molecule has 7 heteroatoms. The molecule has 0 saturated heterocycles. The highest BCUT2D eigenvalue weighted by Gasteiger charge is 2.27. The molecule has 2 rings (SSSR count). The molecule has 1 aliphatic carbocycles. The van der Waals surface area contributed by atoms with Crippen LogP contribution in [0.15, 0.2) is 23.2 Å². The van der Waals surface area contributed by atoms with Crippen molar-refractivity contribution < 1.29 is 8.42 Å². The van der Waals surface area contributed by atoms with Crippen LogP contribution in [0.5, 0.6) is 0 Å². The Morgan fingerprint density at radius 2 is 2.16 bits per heavy atom. The van der Waals surface area contributed by atoms with Crippen LogP contribution in [0, 0.1) is 5.92 Å². The van der Waals surface area contributed by atoms with E-state index >= 15 is 0 Å². The second-order valence-corrected chi connectivity index (χ2v) is 6.94. The predicted octanol–water partition coefficient (Wildman–Crippen LogP) is 1.18. The molecule has 0 radical (unpaired) electrons. The van der Waals surface area contributed by atoms with Crippen molar-refractivity contribution in [3.05, 3.63) is 18.3 Å². The lowest BCUT2D eigenvalue weighted by Gasteiger charge is -2.21. The number of hydrogen-bond donors (Lipinski definition) is 2. The molecule has 6 nitrogen and oxygen atoms in total. The van der Waals surface area contributed by atoms with E-state index in [0.29, 0.717) is 12.5 Å². The minimum atomic E-state index is -3.54. The highest BCUT2D eigenvalue weighted by atomic mass is 32.2. The quantitative estimate of drug-likeness (QED) is 0.626. The highest BCUT2D eigenvalue weighted by molar-refractivity contribution is 7.89. The van der Waals surface area contributed by atoms with Gasteiger partial charge in [0.2, 0.25) is 10.0 Å². The van der Waals surface area contributed by atoms with Crippen LogP contribution in [0.25, 0.3) is 0 Å². The van der Waals surface area contributed by atoms with Gasteiger partial charge in [-0.1, -0.05) is 12.8 Å². The van der Waals surface area contributed by atoms with Gasteiger partial charge in [0, 0.05) is 19.8 Å². The van der Waals surface area contributed by atoms with Gasteiger partial charge >= 0.3 is 0 Å². The van der Waals surface area contributed by atoms with Crippen LogP contribution in [-0.4, -0.2) is 31.3 Å². The summed E-state index contributed by atoms with van der Waals surface area (Å²) in [5.74, 6) is 5.96. The number of nitrogens with two attached hydrogens (primary N) is 1. The van der Waals surface area contributed by atoms with Gasteiger partial charge in [-0.15, -0.1) is 0 Å². The molecule has 1 aromatic heterocycles. The summed E-state index contributed by atoms with van der Waals surface area (Å²) in [6, 6.07) is 3.11. The number of nitrogens with one attached hydrogen (secondary N) is 1. The maximum Gasteiger partial charge on any atom is 0.246 e. The first kappa shape index (κ1) is 14.2. The zero-order valence-electron chi connectivity index (χ0n) is 11.0. The third-order valence-corrected chi connectivity index (χ3v) is 5.44. The van der Waals surface area contributed by atoms with Crippen molar-refractivity contribution in [2.45, 2.75) is 30.6 Å². The summed E-state index contributed by atoms with van der Waals surface area (Å²) in [5.41, 5.74) is 2.33. The van der Waals surface area contributed by atoms with Crippen molar-refractivity contribution in [3.8, 4) is 0 Å².